The molecule has 9 nitrogen and oxygen atoms in total. The van der Waals surface area contributed by atoms with Gasteiger partial charge < -0.3 is 24.3 Å². The molecule has 0 saturated carbocycles. The van der Waals surface area contributed by atoms with Crippen LogP contribution in [0.4, 0.5) is 5.69 Å². The monoisotopic (exact) mass is 508 g/mol. The largest absolute Gasteiger partial charge is 0.493 e. The Morgan fingerprint density at radius 3 is 2.70 bits per heavy atom. The average Bonchev–Trinajstić information content (AvgIpc) is 2.94. The minimum absolute atomic E-state index is 0.0162. The third-order valence-corrected chi connectivity index (χ3v) is 6.10. The zero-order valence-electron chi connectivity index (χ0n) is 20.7. The van der Waals surface area contributed by atoms with E-state index in [0.29, 0.717) is 42.9 Å². The maximum absolute atomic E-state index is 12.3. The van der Waals surface area contributed by atoms with Crippen molar-refractivity contribution in [2.45, 2.75) is 44.8 Å². The van der Waals surface area contributed by atoms with Gasteiger partial charge in [-0.1, -0.05) is 30.3 Å². The Labute approximate surface area is 216 Å². The van der Waals surface area contributed by atoms with Gasteiger partial charge >= 0.3 is 5.97 Å². The Hall–Kier alpha value is -3.69. The molecule has 9 heteroatoms. The number of carbonyl (C=O) groups excluding carboxylic acids is 1. The fourth-order valence-corrected chi connectivity index (χ4v) is 4.03. The van der Waals surface area contributed by atoms with E-state index in [1.165, 1.54) is 17.7 Å². The molecule has 37 heavy (non-hydrogen) atoms. The van der Waals surface area contributed by atoms with E-state index in [4.69, 9.17) is 18.9 Å². The molecule has 0 radical (unpaired) electrons. The van der Waals surface area contributed by atoms with Gasteiger partial charge in [0.05, 0.1) is 30.3 Å². The molecule has 1 atom stereocenters. The fourth-order valence-electron chi connectivity index (χ4n) is 4.03. The van der Waals surface area contributed by atoms with Gasteiger partial charge in [0.25, 0.3) is 5.69 Å². The van der Waals surface area contributed by atoms with Gasteiger partial charge in [0.15, 0.2) is 6.29 Å². The molecule has 0 spiro atoms. The number of benzene rings is 2. The number of non-ortho nitro benzene ring substituents is 1. The Morgan fingerprint density at radius 1 is 1.11 bits per heavy atom. The molecule has 1 saturated heterocycles. The summed E-state index contributed by atoms with van der Waals surface area (Å²) in [7, 11) is 0. The lowest BCUT2D eigenvalue weighted by Crippen LogP contribution is -2.23. The summed E-state index contributed by atoms with van der Waals surface area (Å²) in [5.41, 5.74) is 3.08. The lowest BCUT2D eigenvalue weighted by molar-refractivity contribution is -0.384. The number of hydrogen-bond acceptors (Lipinski definition) is 8. The van der Waals surface area contributed by atoms with Gasteiger partial charge in [0.2, 0.25) is 0 Å². The van der Waals surface area contributed by atoms with Gasteiger partial charge in [-0.25, -0.2) is 4.79 Å². The third-order valence-electron chi connectivity index (χ3n) is 6.10. The molecule has 4 rings (SSSR count). The van der Waals surface area contributed by atoms with E-state index in [0.717, 1.165) is 38.0 Å². The Balaban J connectivity index is 1.10. The Kier molecular flexibility index (Phi) is 9.67. The maximum Gasteiger partial charge on any atom is 0.335 e. The average molecular weight is 509 g/mol. The van der Waals surface area contributed by atoms with Crippen molar-refractivity contribution >= 4 is 17.4 Å². The molecule has 0 amide bonds. The molecule has 2 aliphatic heterocycles. The van der Waals surface area contributed by atoms with E-state index in [-0.39, 0.29) is 18.6 Å². The normalized spacial score (nSPS) is 17.2. The summed E-state index contributed by atoms with van der Waals surface area (Å²) in [5, 5.41) is 14.0. The number of hydrogen-bond donors (Lipinski definition) is 1. The molecule has 2 aromatic carbocycles. The Bertz CT molecular complexity index is 1120. The molecule has 196 valence electrons. The highest BCUT2D eigenvalue weighted by molar-refractivity contribution is 5.90. The fraction of sp³-hybridized carbons (Fsp3) is 0.393. The van der Waals surface area contributed by atoms with Crippen LogP contribution in [0.25, 0.3) is 5.70 Å². The predicted octanol–water partition coefficient (Wildman–Crippen LogP) is 4.91. The van der Waals surface area contributed by atoms with Crippen molar-refractivity contribution in [1.29, 1.82) is 0 Å². The van der Waals surface area contributed by atoms with E-state index in [9.17, 15) is 14.9 Å². The molecular weight excluding hydrogens is 476 g/mol. The minimum Gasteiger partial charge on any atom is -0.493 e. The summed E-state index contributed by atoms with van der Waals surface area (Å²) in [4.78, 5) is 22.9. The van der Waals surface area contributed by atoms with Gasteiger partial charge in [-0.05, 0) is 43.4 Å². The van der Waals surface area contributed by atoms with Crippen LogP contribution in [0.15, 0.2) is 66.4 Å². The number of dihydropyridines is 1. The zero-order valence-corrected chi connectivity index (χ0v) is 20.7. The van der Waals surface area contributed by atoms with Crippen molar-refractivity contribution in [3.05, 3.63) is 87.6 Å². The second kappa shape index (κ2) is 13.6. The predicted molar refractivity (Wildman–Crippen MR) is 138 cm³/mol. The van der Waals surface area contributed by atoms with E-state index in [1.54, 1.807) is 18.3 Å². The van der Waals surface area contributed by atoms with Gasteiger partial charge in [0.1, 0.15) is 5.75 Å². The Morgan fingerprint density at radius 2 is 1.97 bits per heavy atom. The number of nitro groups is 1. The van der Waals surface area contributed by atoms with Gasteiger partial charge in [-0.15, -0.1) is 0 Å². The number of carbonyl (C=O) groups is 1. The number of allylic oxidation sites excluding steroid dienone is 1. The lowest BCUT2D eigenvalue weighted by atomic mass is 10.1. The molecule has 2 aliphatic rings. The number of nitrogens with one attached hydrogen (secondary N) is 1. The van der Waals surface area contributed by atoms with Gasteiger partial charge in [-0.3, -0.25) is 10.1 Å². The minimum atomic E-state index is -0.435. The van der Waals surface area contributed by atoms with E-state index in [1.807, 2.05) is 30.3 Å². The van der Waals surface area contributed by atoms with Crippen LogP contribution < -0.4 is 10.1 Å². The first-order chi connectivity index (χ1) is 18.1. The van der Waals surface area contributed by atoms with Crippen molar-refractivity contribution in [3.8, 4) is 5.75 Å². The molecule has 0 aliphatic carbocycles. The number of nitrogens with zero attached hydrogens (tertiary/aromatic N) is 1. The van der Waals surface area contributed by atoms with Crippen LogP contribution in [-0.2, 0) is 25.4 Å². The highest BCUT2D eigenvalue weighted by Crippen LogP contribution is 2.23. The molecule has 1 unspecified atom stereocenters. The summed E-state index contributed by atoms with van der Waals surface area (Å²) < 4.78 is 22.5. The summed E-state index contributed by atoms with van der Waals surface area (Å²) >= 11 is 0. The van der Waals surface area contributed by atoms with E-state index < -0.39 is 10.9 Å². The van der Waals surface area contributed by atoms with Crippen molar-refractivity contribution in [2.24, 2.45) is 0 Å². The first-order valence-corrected chi connectivity index (χ1v) is 12.6. The van der Waals surface area contributed by atoms with Crippen molar-refractivity contribution in [2.75, 3.05) is 26.4 Å². The summed E-state index contributed by atoms with van der Waals surface area (Å²) in [5.74, 6) is 0.372. The van der Waals surface area contributed by atoms with Crippen LogP contribution >= 0.6 is 0 Å². The van der Waals surface area contributed by atoms with E-state index >= 15 is 0 Å². The summed E-state index contributed by atoms with van der Waals surface area (Å²) in [6.45, 7) is 2.10. The highest BCUT2D eigenvalue weighted by atomic mass is 16.7. The quantitative estimate of drug-likeness (QED) is 0.186. The molecule has 0 bridgehead atoms. The number of rotatable bonds is 12. The summed E-state index contributed by atoms with van der Waals surface area (Å²) in [6.07, 6.45) is 8.35. The first-order valence-electron chi connectivity index (χ1n) is 12.6. The van der Waals surface area contributed by atoms with Gasteiger partial charge in [0, 0.05) is 49.0 Å². The van der Waals surface area contributed by atoms with Crippen molar-refractivity contribution in [3.63, 3.8) is 0 Å². The van der Waals surface area contributed by atoms with Crippen LogP contribution in [0.2, 0.25) is 0 Å². The van der Waals surface area contributed by atoms with Crippen molar-refractivity contribution < 1.29 is 28.7 Å². The van der Waals surface area contributed by atoms with Crippen molar-refractivity contribution in [1.82, 2.24) is 5.32 Å². The molecule has 0 aromatic heterocycles. The lowest BCUT2D eigenvalue weighted by Gasteiger charge is -2.22. The standard InChI is InChI=1S/C28H32N2O7/c31-28(23-10-13-26(29-20-23)22-5-3-6-24(19-22)30(32)33)37-17-4-16-34-25-11-8-21(9-12-25)14-18-36-27-7-1-2-15-35-27/h3,5-6,8-9,11-13,19-20,27,29H,1-2,4,7,10,14-18H2. The first kappa shape index (κ1) is 26.4. The SMILES string of the molecule is O=C(OCCCOc1ccc(CCOC2CCCCO2)cc1)C1=CNC(c2cccc([N+](=O)[O-])c2)=CC1. The molecule has 2 aromatic rings. The molecule has 1 fully saturated rings. The topological polar surface area (TPSA) is 109 Å². The summed E-state index contributed by atoms with van der Waals surface area (Å²) in [6, 6.07) is 14.3. The van der Waals surface area contributed by atoms with Crippen LogP contribution in [0.3, 0.4) is 0 Å². The van der Waals surface area contributed by atoms with Crippen LogP contribution in [0.5, 0.6) is 5.75 Å². The van der Waals surface area contributed by atoms with Gasteiger partial charge in [-0.2, -0.15) is 0 Å². The maximum atomic E-state index is 12.3. The second-order valence-corrected chi connectivity index (χ2v) is 8.84. The molecule has 2 heterocycles. The smallest absolute Gasteiger partial charge is 0.335 e. The highest BCUT2D eigenvalue weighted by Gasteiger charge is 2.16. The van der Waals surface area contributed by atoms with E-state index in [2.05, 4.69) is 5.32 Å². The molecular formula is C28H32N2O7. The second-order valence-electron chi connectivity index (χ2n) is 8.84. The third kappa shape index (κ3) is 8.16. The van der Waals surface area contributed by atoms with Crippen LogP contribution in [0.1, 0.15) is 43.2 Å². The zero-order chi connectivity index (χ0) is 25.9. The number of esters is 1. The van der Waals surface area contributed by atoms with Crippen LogP contribution in [-0.4, -0.2) is 43.6 Å². The van der Waals surface area contributed by atoms with Crippen LogP contribution in [0, 0.1) is 10.1 Å². The number of nitro benzene ring substituents is 1. The number of ether oxygens (including phenoxy) is 4. The molecule has 1 N–H and O–H groups in total.